The molecule has 0 atom stereocenters. The van der Waals surface area contributed by atoms with Crippen LogP contribution in [0.3, 0.4) is 0 Å². The third kappa shape index (κ3) is 2.98. The molecular formula is C16H15N7. The van der Waals surface area contributed by atoms with Crippen molar-refractivity contribution in [3.8, 4) is 0 Å². The Kier molecular flexibility index (Phi) is 3.68. The lowest BCUT2D eigenvalue weighted by Crippen LogP contribution is -2.10. The first-order valence-electron chi connectivity index (χ1n) is 6.91. The highest BCUT2D eigenvalue weighted by molar-refractivity contribution is 5.96. The SMILES string of the molecule is Cc1ccc2cnc(N)c(N=Nc3ccc(C(=N)N)cn3)c2c1. The molecule has 3 rings (SSSR count). The summed E-state index contributed by atoms with van der Waals surface area (Å²) in [7, 11) is 0. The van der Waals surface area contributed by atoms with Crippen LogP contribution in [0.4, 0.5) is 17.3 Å². The maximum Gasteiger partial charge on any atom is 0.174 e. The van der Waals surface area contributed by atoms with E-state index in [-0.39, 0.29) is 5.84 Å². The summed E-state index contributed by atoms with van der Waals surface area (Å²) >= 11 is 0. The van der Waals surface area contributed by atoms with Crippen molar-refractivity contribution in [2.45, 2.75) is 6.92 Å². The van der Waals surface area contributed by atoms with Crippen LogP contribution in [0, 0.1) is 12.3 Å². The Morgan fingerprint density at radius 3 is 2.61 bits per heavy atom. The van der Waals surface area contributed by atoms with Gasteiger partial charge >= 0.3 is 0 Å². The predicted octanol–water partition coefficient (Wildman–Crippen LogP) is 3.22. The first-order chi connectivity index (χ1) is 11.0. The van der Waals surface area contributed by atoms with Crippen LogP contribution in [0.2, 0.25) is 0 Å². The fourth-order valence-corrected chi connectivity index (χ4v) is 2.14. The van der Waals surface area contributed by atoms with E-state index in [0.717, 1.165) is 16.3 Å². The number of nitrogens with zero attached hydrogens (tertiary/aromatic N) is 4. The van der Waals surface area contributed by atoms with Gasteiger partial charge in [-0.05, 0) is 25.1 Å². The number of fused-ring (bicyclic) bond motifs is 1. The Morgan fingerprint density at radius 1 is 1.09 bits per heavy atom. The summed E-state index contributed by atoms with van der Waals surface area (Å²) in [6.45, 7) is 2.00. The molecule has 0 aliphatic heterocycles. The van der Waals surface area contributed by atoms with E-state index >= 15 is 0 Å². The standard InChI is InChI=1S/C16H15N7/c1-9-2-3-10-7-21-16(19)14(12(10)6-9)23-22-13-5-4-11(8-20-13)15(17)18/h2-8H,1H3,(H3,17,18)(H2,19,21). The number of aryl methyl sites for hydroxylation is 1. The molecule has 1 aromatic carbocycles. The summed E-state index contributed by atoms with van der Waals surface area (Å²) in [6, 6.07) is 9.27. The monoisotopic (exact) mass is 305 g/mol. The molecule has 7 nitrogen and oxygen atoms in total. The Labute approximate surface area is 132 Å². The normalized spacial score (nSPS) is 11.2. The van der Waals surface area contributed by atoms with Gasteiger partial charge in [0.1, 0.15) is 11.5 Å². The lowest BCUT2D eigenvalue weighted by molar-refractivity contribution is 1.15. The highest BCUT2D eigenvalue weighted by Gasteiger charge is 2.07. The quantitative estimate of drug-likeness (QED) is 0.390. The summed E-state index contributed by atoms with van der Waals surface area (Å²) in [6.07, 6.45) is 3.19. The van der Waals surface area contributed by atoms with Crippen molar-refractivity contribution in [3.63, 3.8) is 0 Å². The Morgan fingerprint density at radius 2 is 1.91 bits per heavy atom. The number of hydrogen-bond donors (Lipinski definition) is 3. The van der Waals surface area contributed by atoms with Crippen LogP contribution in [-0.2, 0) is 0 Å². The zero-order valence-corrected chi connectivity index (χ0v) is 12.5. The topological polar surface area (TPSA) is 126 Å². The molecular weight excluding hydrogens is 290 g/mol. The van der Waals surface area contributed by atoms with Crippen molar-refractivity contribution < 1.29 is 0 Å². The number of azo groups is 1. The van der Waals surface area contributed by atoms with E-state index in [9.17, 15) is 0 Å². The van der Waals surface area contributed by atoms with Crippen molar-refractivity contribution in [2.24, 2.45) is 16.0 Å². The third-order valence-corrected chi connectivity index (χ3v) is 3.36. The Hall–Kier alpha value is -3.35. The number of nitrogen functional groups attached to an aromatic ring is 2. The molecule has 7 heteroatoms. The highest BCUT2D eigenvalue weighted by atomic mass is 15.2. The largest absolute Gasteiger partial charge is 0.384 e. The molecule has 0 bridgehead atoms. The molecule has 0 aliphatic carbocycles. The van der Waals surface area contributed by atoms with E-state index < -0.39 is 0 Å². The molecule has 23 heavy (non-hydrogen) atoms. The highest BCUT2D eigenvalue weighted by Crippen LogP contribution is 2.32. The van der Waals surface area contributed by atoms with Crippen molar-refractivity contribution in [1.82, 2.24) is 9.97 Å². The fourth-order valence-electron chi connectivity index (χ4n) is 2.14. The molecule has 0 saturated carbocycles. The van der Waals surface area contributed by atoms with Crippen LogP contribution in [0.15, 0.2) is 53.0 Å². The van der Waals surface area contributed by atoms with Crippen molar-refractivity contribution in [2.75, 3.05) is 5.73 Å². The van der Waals surface area contributed by atoms with Crippen LogP contribution < -0.4 is 11.5 Å². The van der Waals surface area contributed by atoms with Gasteiger partial charge in [0.05, 0.1) is 0 Å². The summed E-state index contributed by atoms with van der Waals surface area (Å²) in [4.78, 5) is 8.25. The molecule has 0 aliphatic rings. The number of aromatic nitrogens is 2. The second-order valence-electron chi connectivity index (χ2n) is 5.10. The van der Waals surface area contributed by atoms with Crippen LogP contribution in [-0.4, -0.2) is 15.8 Å². The minimum Gasteiger partial charge on any atom is -0.384 e. The molecule has 114 valence electrons. The van der Waals surface area contributed by atoms with Gasteiger partial charge in [-0.25, -0.2) is 9.97 Å². The van der Waals surface area contributed by atoms with Crippen LogP contribution in [0.1, 0.15) is 11.1 Å². The van der Waals surface area contributed by atoms with Crippen molar-refractivity contribution in [3.05, 3.63) is 53.9 Å². The molecule has 0 unspecified atom stereocenters. The van der Waals surface area contributed by atoms with E-state index in [1.54, 1.807) is 18.3 Å². The summed E-state index contributed by atoms with van der Waals surface area (Å²) in [5.74, 6) is 0.672. The number of nitrogens with one attached hydrogen (secondary N) is 1. The van der Waals surface area contributed by atoms with E-state index in [1.165, 1.54) is 6.20 Å². The number of anilines is 1. The molecule has 0 fully saturated rings. The molecule has 2 aromatic heterocycles. The zero-order chi connectivity index (χ0) is 16.4. The number of pyridine rings is 2. The molecule has 0 radical (unpaired) electrons. The number of benzene rings is 1. The van der Waals surface area contributed by atoms with Gasteiger partial charge in [0.2, 0.25) is 0 Å². The molecule has 2 heterocycles. The fraction of sp³-hybridized carbons (Fsp3) is 0.0625. The van der Waals surface area contributed by atoms with Crippen molar-refractivity contribution in [1.29, 1.82) is 5.41 Å². The van der Waals surface area contributed by atoms with Gasteiger partial charge in [0, 0.05) is 28.7 Å². The predicted molar refractivity (Wildman–Crippen MR) is 90.3 cm³/mol. The second-order valence-corrected chi connectivity index (χ2v) is 5.10. The van der Waals surface area contributed by atoms with E-state index in [4.69, 9.17) is 16.9 Å². The lowest BCUT2D eigenvalue weighted by atomic mass is 10.1. The molecule has 5 N–H and O–H groups in total. The van der Waals surface area contributed by atoms with Gasteiger partial charge in [-0.1, -0.05) is 17.7 Å². The molecule has 0 saturated heterocycles. The van der Waals surface area contributed by atoms with Crippen LogP contribution >= 0.6 is 0 Å². The Bertz CT molecular complexity index is 908. The summed E-state index contributed by atoms with van der Waals surface area (Å²) in [5.41, 5.74) is 13.5. The molecule has 3 aromatic rings. The minimum absolute atomic E-state index is 0.0426. The van der Waals surface area contributed by atoms with Gasteiger partial charge in [-0.2, -0.15) is 0 Å². The average Bonchev–Trinajstić information content (AvgIpc) is 2.54. The summed E-state index contributed by atoms with van der Waals surface area (Å²) < 4.78 is 0. The van der Waals surface area contributed by atoms with Gasteiger partial charge < -0.3 is 11.5 Å². The number of hydrogen-bond acceptors (Lipinski definition) is 6. The average molecular weight is 305 g/mol. The first kappa shape index (κ1) is 14.6. The molecule has 0 spiro atoms. The number of rotatable bonds is 3. The maximum absolute atomic E-state index is 7.34. The van der Waals surface area contributed by atoms with E-state index in [2.05, 4.69) is 20.2 Å². The second kappa shape index (κ2) is 5.80. The van der Waals surface area contributed by atoms with Crippen LogP contribution in [0.5, 0.6) is 0 Å². The van der Waals surface area contributed by atoms with Gasteiger partial charge in [0.25, 0.3) is 0 Å². The van der Waals surface area contributed by atoms with E-state index in [0.29, 0.717) is 22.9 Å². The van der Waals surface area contributed by atoms with E-state index in [1.807, 2.05) is 25.1 Å². The Balaban J connectivity index is 2.01. The summed E-state index contributed by atoms with van der Waals surface area (Å²) in [5, 5.41) is 17.5. The first-order valence-corrected chi connectivity index (χ1v) is 6.91. The third-order valence-electron chi connectivity index (χ3n) is 3.36. The van der Waals surface area contributed by atoms with Crippen LogP contribution in [0.25, 0.3) is 10.8 Å². The molecule has 0 amide bonds. The lowest BCUT2D eigenvalue weighted by Gasteiger charge is -2.05. The number of amidine groups is 1. The number of nitrogens with two attached hydrogens (primary N) is 2. The van der Waals surface area contributed by atoms with Gasteiger partial charge in [-0.3, -0.25) is 5.41 Å². The van der Waals surface area contributed by atoms with Crippen molar-refractivity contribution >= 4 is 33.9 Å². The smallest absolute Gasteiger partial charge is 0.174 e. The zero-order valence-electron chi connectivity index (χ0n) is 12.5. The maximum atomic E-state index is 7.34. The minimum atomic E-state index is -0.0426. The van der Waals surface area contributed by atoms with Gasteiger partial charge in [0.15, 0.2) is 11.6 Å². The van der Waals surface area contributed by atoms with Gasteiger partial charge in [-0.15, -0.1) is 10.2 Å².